The summed E-state index contributed by atoms with van der Waals surface area (Å²) in [5.41, 5.74) is -0.00354. The molecule has 1 heterocycles. The summed E-state index contributed by atoms with van der Waals surface area (Å²) in [6.07, 6.45) is 1.22. The lowest BCUT2D eigenvalue weighted by atomic mass is 10.0. The van der Waals surface area contributed by atoms with Crippen molar-refractivity contribution in [1.82, 2.24) is 10.2 Å². The maximum atomic E-state index is 5.83. The Kier molecular flexibility index (Phi) is 4.35. The maximum absolute atomic E-state index is 5.83. The van der Waals surface area contributed by atoms with Gasteiger partial charge in [0.15, 0.2) is 0 Å². The summed E-state index contributed by atoms with van der Waals surface area (Å²) < 4.78 is 5.83. The van der Waals surface area contributed by atoms with Crippen LogP contribution < -0.4 is 5.32 Å². The van der Waals surface area contributed by atoms with Crippen LogP contribution in [0.1, 0.15) is 27.2 Å². The SMILES string of the molecule is CCC(C)N1CCOC(C)(CNC)C1. The Morgan fingerprint density at radius 2 is 2.29 bits per heavy atom. The third kappa shape index (κ3) is 2.94. The highest BCUT2D eigenvalue weighted by Gasteiger charge is 2.32. The van der Waals surface area contributed by atoms with Crippen LogP contribution >= 0.6 is 0 Å². The Balaban J connectivity index is 2.50. The summed E-state index contributed by atoms with van der Waals surface area (Å²) in [6, 6.07) is 0.676. The van der Waals surface area contributed by atoms with Crippen molar-refractivity contribution in [3.05, 3.63) is 0 Å². The largest absolute Gasteiger partial charge is 0.371 e. The molecule has 1 N–H and O–H groups in total. The number of likely N-dealkylation sites (N-methyl/N-ethyl adjacent to an activating group) is 1. The quantitative estimate of drug-likeness (QED) is 0.735. The van der Waals surface area contributed by atoms with Crippen molar-refractivity contribution in [1.29, 1.82) is 0 Å². The van der Waals surface area contributed by atoms with Gasteiger partial charge in [0.1, 0.15) is 0 Å². The smallest absolute Gasteiger partial charge is 0.0904 e. The molecule has 14 heavy (non-hydrogen) atoms. The summed E-state index contributed by atoms with van der Waals surface area (Å²) in [6.45, 7) is 10.7. The van der Waals surface area contributed by atoms with Gasteiger partial charge in [0.2, 0.25) is 0 Å². The van der Waals surface area contributed by atoms with Gasteiger partial charge in [0.05, 0.1) is 12.2 Å². The summed E-state index contributed by atoms with van der Waals surface area (Å²) in [4.78, 5) is 2.53. The Morgan fingerprint density at radius 3 is 2.86 bits per heavy atom. The van der Waals surface area contributed by atoms with Crippen molar-refractivity contribution in [2.45, 2.75) is 38.8 Å². The van der Waals surface area contributed by atoms with Gasteiger partial charge < -0.3 is 10.1 Å². The van der Waals surface area contributed by atoms with Crippen LogP contribution in [0.25, 0.3) is 0 Å². The van der Waals surface area contributed by atoms with E-state index in [1.165, 1.54) is 6.42 Å². The average molecular weight is 200 g/mol. The Hall–Kier alpha value is -0.120. The molecule has 0 aliphatic carbocycles. The van der Waals surface area contributed by atoms with Gasteiger partial charge in [0.25, 0.3) is 0 Å². The first-order valence-electron chi connectivity index (χ1n) is 5.64. The van der Waals surface area contributed by atoms with Crippen LogP contribution in [0.4, 0.5) is 0 Å². The predicted molar refractivity (Wildman–Crippen MR) is 59.6 cm³/mol. The highest BCUT2D eigenvalue weighted by molar-refractivity contribution is 4.86. The van der Waals surface area contributed by atoms with Gasteiger partial charge in [-0.3, -0.25) is 4.90 Å². The number of hydrogen-bond donors (Lipinski definition) is 1. The Labute approximate surface area is 87.8 Å². The molecule has 0 radical (unpaired) electrons. The van der Waals surface area contributed by atoms with Crippen LogP contribution in [-0.2, 0) is 4.74 Å². The minimum absolute atomic E-state index is 0.00354. The Bertz CT molecular complexity index is 171. The molecule has 3 heteroatoms. The van der Waals surface area contributed by atoms with Crippen molar-refractivity contribution in [3.8, 4) is 0 Å². The molecule has 3 nitrogen and oxygen atoms in total. The molecule has 0 spiro atoms. The van der Waals surface area contributed by atoms with Crippen LogP contribution in [0, 0.1) is 0 Å². The molecule has 1 aliphatic heterocycles. The summed E-state index contributed by atoms with van der Waals surface area (Å²) in [5.74, 6) is 0. The van der Waals surface area contributed by atoms with Crippen LogP contribution in [0.3, 0.4) is 0 Å². The van der Waals surface area contributed by atoms with Gasteiger partial charge in [-0.15, -0.1) is 0 Å². The lowest BCUT2D eigenvalue weighted by Gasteiger charge is -2.43. The van der Waals surface area contributed by atoms with Crippen molar-refractivity contribution >= 4 is 0 Å². The molecule has 0 aromatic heterocycles. The molecule has 0 amide bonds. The van der Waals surface area contributed by atoms with Crippen LogP contribution in [-0.4, -0.2) is 49.8 Å². The zero-order chi connectivity index (χ0) is 10.6. The fourth-order valence-electron chi connectivity index (χ4n) is 2.08. The van der Waals surface area contributed by atoms with Crippen LogP contribution in [0.5, 0.6) is 0 Å². The van der Waals surface area contributed by atoms with E-state index in [1.54, 1.807) is 0 Å². The van der Waals surface area contributed by atoms with Gasteiger partial charge in [-0.1, -0.05) is 6.92 Å². The van der Waals surface area contributed by atoms with Crippen molar-refractivity contribution in [2.75, 3.05) is 33.3 Å². The van der Waals surface area contributed by atoms with Gasteiger partial charge in [0, 0.05) is 25.7 Å². The van der Waals surface area contributed by atoms with Crippen molar-refractivity contribution in [3.63, 3.8) is 0 Å². The topological polar surface area (TPSA) is 24.5 Å². The number of nitrogens with one attached hydrogen (secondary N) is 1. The number of ether oxygens (including phenoxy) is 1. The molecule has 1 rings (SSSR count). The van der Waals surface area contributed by atoms with Crippen molar-refractivity contribution in [2.24, 2.45) is 0 Å². The number of hydrogen-bond acceptors (Lipinski definition) is 3. The van der Waals surface area contributed by atoms with E-state index in [4.69, 9.17) is 4.74 Å². The second kappa shape index (κ2) is 5.10. The highest BCUT2D eigenvalue weighted by Crippen LogP contribution is 2.19. The van der Waals surface area contributed by atoms with E-state index in [0.29, 0.717) is 6.04 Å². The fourth-order valence-corrected chi connectivity index (χ4v) is 2.08. The molecule has 0 aromatic carbocycles. The van der Waals surface area contributed by atoms with Gasteiger partial charge in [-0.05, 0) is 27.3 Å². The van der Waals surface area contributed by atoms with E-state index in [0.717, 1.165) is 26.2 Å². The van der Waals surface area contributed by atoms with E-state index in [9.17, 15) is 0 Å². The third-order valence-corrected chi connectivity index (χ3v) is 3.13. The molecule has 0 aromatic rings. The molecule has 84 valence electrons. The zero-order valence-electron chi connectivity index (χ0n) is 9.97. The molecule has 1 aliphatic rings. The second-order valence-electron chi connectivity index (χ2n) is 4.56. The van der Waals surface area contributed by atoms with Gasteiger partial charge >= 0.3 is 0 Å². The third-order valence-electron chi connectivity index (χ3n) is 3.13. The van der Waals surface area contributed by atoms with Gasteiger partial charge in [-0.25, -0.2) is 0 Å². The minimum atomic E-state index is -0.00354. The second-order valence-corrected chi connectivity index (χ2v) is 4.56. The lowest BCUT2D eigenvalue weighted by molar-refractivity contribution is -0.104. The van der Waals surface area contributed by atoms with Crippen molar-refractivity contribution < 1.29 is 4.74 Å². The summed E-state index contributed by atoms with van der Waals surface area (Å²) in [5, 5.41) is 3.20. The molecule has 0 bridgehead atoms. The standard InChI is InChI=1S/C11H24N2O/c1-5-10(2)13-6-7-14-11(3,9-13)8-12-4/h10,12H,5-9H2,1-4H3. The summed E-state index contributed by atoms with van der Waals surface area (Å²) in [7, 11) is 1.98. The van der Waals surface area contributed by atoms with E-state index < -0.39 is 0 Å². The molecule has 0 saturated carbocycles. The van der Waals surface area contributed by atoms with E-state index in [2.05, 4.69) is 31.0 Å². The minimum Gasteiger partial charge on any atom is -0.371 e. The van der Waals surface area contributed by atoms with E-state index >= 15 is 0 Å². The first kappa shape index (κ1) is 12.0. The predicted octanol–water partition coefficient (Wildman–Crippen LogP) is 1.10. The average Bonchev–Trinajstić information content (AvgIpc) is 2.16. The number of nitrogens with zero attached hydrogens (tertiary/aromatic N) is 1. The monoisotopic (exact) mass is 200 g/mol. The first-order chi connectivity index (χ1) is 6.61. The van der Waals surface area contributed by atoms with Gasteiger partial charge in [-0.2, -0.15) is 0 Å². The fraction of sp³-hybridized carbons (Fsp3) is 1.00. The lowest BCUT2D eigenvalue weighted by Crippen LogP contribution is -2.56. The summed E-state index contributed by atoms with van der Waals surface area (Å²) >= 11 is 0. The maximum Gasteiger partial charge on any atom is 0.0904 e. The van der Waals surface area contributed by atoms with Crippen LogP contribution in [0.2, 0.25) is 0 Å². The zero-order valence-corrected chi connectivity index (χ0v) is 9.97. The number of morpholine rings is 1. The number of rotatable bonds is 4. The Morgan fingerprint density at radius 1 is 1.57 bits per heavy atom. The van der Waals surface area contributed by atoms with E-state index in [-0.39, 0.29) is 5.60 Å². The molecule has 2 atom stereocenters. The van der Waals surface area contributed by atoms with Crippen LogP contribution in [0.15, 0.2) is 0 Å². The molecular weight excluding hydrogens is 176 g/mol. The van der Waals surface area contributed by atoms with E-state index in [1.807, 2.05) is 7.05 Å². The molecule has 2 unspecified atom stereocenters. The molecular formula is C11H24N2O. The highest BCUT2D eigenvalue weighted by atomic mass is 16.5. The molecule has 1 saturated heterocycles. The normalized spacial score (nSPS) is 31.7. The molecule has 1 fully saturated rings. The first-order valence-corrected chi connectivity index (χ1v) is 5.64.